The summed E-state index contributed by atoms with van der Waals surface area (Å²) in [6.45, 7) is 0.930. The summed E-state index contributed by atoms with van der Waals surface area (Å²) in [4.78, 5) is 18.3. The molecule has 0 bridgehead atoms. The smallest absolute Gasteiger partial charge is 0.260 e. The van der Waals surface area contributed by atoms with Crippen molar-refractivity contribution in [3.8, 4) is 11.3 Å². The van der Waals surface area contributed by atoms with Crippen LogP contribution < -0.4 is 0 Å². The van der Waals surface area contributed by atoms with E-state index in [4.69, 9.17) is 0 Å². The van der Waals surface area contributed by atoms with Gasteiger partial charge in [0.05, 0.1) is 30.4 Å². The Morgan fingerprint density at radius 1 is 1.17 bits per heavy atom. The molecule has 6 rings (SSSR count). The van der Waals surface area contributed by atoms with E-state index in [0.29, 0.717) is 25.9 Å². The molecule has 4 aliphatic rings. The van der Waals surface area contributed by atoms with Crippen molar-refractivity contribution in [1.82, 2.24) is 14.5 Å². The lowest BCUT2D eigenvalue weighted by Gasteiger charge is -2.43. The Bertz CT molecular complexity index is 1010. The van der Waals surface area contributed by atoms with Crippen LogP contribution in [0.25, 0.3) is 11.3 Å². The van der Waals surface area contributed by atoms with Crippen molar-refractivity contribution in [3.05, 3.63) is 42.4 Å². The minimum Gasteiger partial charge on any atom is -0.392 e. The zero-order chi connectivity index (χ0) is 20.7. The maximum Gasteiger partial charge on any atom is 0.260 e. The van der Waals surface area contributed by atoms with Gasteiger partial charge in [-0.1, -0.05) is 24.3 Å². The SMILES string of the molecule is O=C([C@H]1CC1(F)F)N1CCC2(CC[C@@H]([C@H]3c4ccccc4-c4cncn43)[C@H]2O)CC1. The van der Waals surface area contributed by atoms with Crippen LogP contribution in [-0.2, 0) is 4.79 Å². The number of rotatable bonds is 2. The van der Waals surface area contributed by atoms with Gasteiger partial charge in [0.15, 0.2) is 0 Å². The number of piperidine rings is 1. The van der Waals surface area contributed by atoms with Gasteiger partial charge < -0.3 is 14.6 Å². The van der Waals surface area contributed by atoms with Gasteiger partial charge >= 0.3 is 0 Å². The van der Waals surface area contributed by atoms with Crippen molar-refractivity contribution < 1.29 is 18.7 Å². The molecule has 1 aromatic carbocycles. The predicted molar refractivity (Wildman–Crippen MR) is 106 cm³/mol. The molecule has 1 saturated heterocycles. The summed E-state index contributed by atoms with van der Waals surface area (Å²) in [5.74, 6) is -4.27. The van der Waals surface area contributed by atoms with Crippen LogP contribution in [-0.4, -0.2) is 50.6 Å². The number of aliphatic hydroxyl groups is 1. The van der Waals surface area contributed by atoms with E-state index in [9.17, 15) is 18.7 Å². The normalized spacial score (nSPS) is 32.8. The Kier molecular flexibility index (Phi) is 3.77. The van der Waals surface area contributed by atoms with Crippen molar-refractivity contribution in [2.24, 2.45) is 17.3 Å². The summed E-state index contributed by atoms with van der Waals surface area (Å²) in [6.07, 6.45) is 6.12. The Balaban J connectivity index is 1.21. The van der Waals surface area contributed by atoms with Crippen LogP contribution in [0.4, 0.5) is 8.78 Å². The first-order chi connectivity index (χ1) is 14.4. The number of aliphatic hydroxyl groups excluding tert-OH is 1. The molecule has 3 fully saturated rings. The molecule has 30 heavy (non-hydrogen) atoms. The number of amides is 1. The van der Waals surface area contributed by atoms with Crippen LogP contribution in [0.3, 0.4) is 0 Å². The fraction of sp³-hybridized carbons (Fsp3) is 0.565. The fourth-order valence-electron chi connectivity index (χ4n) is 6.27. The monoisotopic (exact) mass is 413 g/mol. The first kappa shape index (κ1) is 18.5. The lowest BCUT2D eigenvalue weighted by Crippen LogP contribution is -2.48. The number of imidazole rings is 1. The van der Waals surface area contributed by atoms with E-state index >= 15 is 0 Å². The molecule has 2 saturated carbocycles. The molecule has 1 spiro atoms. The first-order valence-corrected chi connectivity index (χ1v) is 10.9. The number of aromatic nitrogens is 2. The van der Waals surface area contributed by atoms with Gasteiger partial charge in [-0.15, -0.1) is 0 Å². The van der Waals surface area contributed by atoms with E-state index in [-0.39, 0.29) is 23.8 Å². The zero-order valence-corrected chi connectivity index (χ0v) is 16.7. The van der Waals surface area contributed by atoms with E-state index in [2.05, 4.69) is 21.7 Å². The largest absolute Gasteiger partial charge is 0.392 e. The zero-order valence-electron chi connectivity index (χ0n) is 16.7. The number of carbonyl (C=O) groups excluding carboxylic acids is 1. The summed E-state index contributed by atoms with van der Waals surface area (Å²) in [5.41, 5.74) is 3.28. The molecule has 0 unspecified atom stereocenters. The third kappa shape index (κ3) is 2.47. The molecule has 1 N–H and O–H groups in total. The maximum atomic E-state index is 13.3. The Morgan fingerprint density at radius 3 is 2.63 bits per heavy atom. The van der Waals surface area contributed by atoms with Gasteiger partial charge in [0.25, 0.3) is 5.92 Å². The number of nitrogens with zero attached hydrogens (tertiary/aromatic N) is 3. The highest BCUT2D eigenvalue weighted by Crippen LogP contribution is 2.56. The minimum atomic E-state index is -2.82. The van der Waals surface area contributed by atoms with Crippen LogP contribution in [0.15, 0.2) is 36.8 Å². The molecule has 7 heteroatoms. The molecule has 5 nitrogen and oxygen atoms in total. The number of halogens is 2. The highest BCUT2D eigenvalue weighted by molar-refractivity contribution is 5.83. The van der Waals surface area contributed by atoms with Crippen LogP contribution in [0.2, 0.25) is 0 Å². The molecule has 158 valence electrons. The Morgan fingerprint density at radius 2 is 1.90 bits per heavy atom. The average molecular weight is 413 g/mol. The van der Waals surface area contributed by atoms with E-state index in [1.807, 2.05) is 24.7 Å². The van der Waals surface area contributed by atoms with E-state index in [1.165, 1.54) is 11.1 Å². The third-order valence-electron chi connectivity index (χ3n) is 8.13. The number of hydrogen-bond donors (Lipinski definition) is 1. The highest BCUT2D eigenvalue weighted by atomic mass is 19.3. The lowest BCUT2D eigenvalue weighted by molar-refractivity contribution is -0.138. The van der Waals surface area contributed by atoms with Crippen molar-refractivity contribution in [2.45, 2.75) is 50.2 Å². The number of alkyl halides is 2. The van der Waals surface area contributed by atoms with Gasteiger partial charge in [0.1, 0.15) is 5.92 Å². The third-order valence-corrected chi connectivity index (χ3v) is 8.13. The number of likely N-dealkylation sites (tertiary alicyclic amines) is 1. The molecule has 2 aliphatic carbocycles. The topological polar surface area (TPSA) is 58.4 Å². The summed E-state index contributed by atoms with van der Waals surface area (Å²) in [6, 6.07) is 8.39. The molecule has 0 radical (unpaired) electrons. The quantitative estimate of drug-likeness (QED) is 0.820. The Labute approximate surface area is 173 Å². The fourth-order valence-corrected chi connectivity index (χ4v) is 6.27. The summed E-state index contributed by atoms with van der Waals surface area (Å²) >= 11 is 0. The second kappa shape index (κ2) is 6.13. The van der Waals surface area contributed by atoms with Crippen molar-refractivity contribution in [2.75, 3.05) is 13.1 Å². The first-order valence-electron chi connectivity index (χ1n) is 10.9. The maximum absolute atomic E-state index is 13.3. The molecule has 4 atom stereocenters. The molecular weight excluding hydrogens is 388 g/mol. The summed E-state index contributed by atoms with van der Waals surface area (Å²) in [7, 11) is 0. The van der Waals surface area contributed by atoms with Gasteiger partial charge in [0, 0.05) is 36.4 Å². The van der Waals surface area contributed by atoms with Crippen LogP contribution >= 0.6 is 0 Å². The van der Waals surface area contributed by atoms with Crippen LogP contribution in [0.1, 0.15) is 43.7 Å². The van der Waals surface area contributed by atoms with Crippen molar-refractivity contribution in [3.63, 3.8) is 0 Å². The van der Waals surface area contributed by atoms with E-state index < -0.39 is 23.9 Å². The van der Waals surface area contributed by atoms with Crippen LogP contribution in [0, 0.1) is 17.3 Å². The van der Waals surface area contributed by atoms with Crippen molar-refractivity contribution in [1.29, 1.82) is 0 Å². The number of carbonyl (C=O) groups is 1. The van der Waals surface area contributed by atoms with Crippen molar-refractivity contribution >= 4 is 5.91 Å². The molecular formula is C23H25F2N3O2. The number of benzene rings is 1. The molecule has 2 aromatic rings. The second-order valence-corrected chi connectivity index (χ2v) is 9.57. The van der Waals surface area contributed by atoms with Gasteiger partial charge in [0.2, 0.25) is 5.91 Å². The average Bonchev–Trinajstić information content (AvgIpc) is 3.08. The number of fused-ring (bicyclic) bond motifs is 3. The molecule has 1 aromatic heterocycles. The predicted octanol–water partition coefficient (Wildman–Crippen LogP) is 3.49. The van der Waals surface area contributed by atoms with E-state index in [0.717, 1.165) is 18.5 Å². The van der Waals surface area contributed by atoms with E-state index in [1.54, 1.807) is 4.90 Å². The molecule has 3 heterocycles. The van der Waals surface area contributed by atoms with Gasteiger partial charge in [-0.25, -0.2) is 13.8 Å². The molecule has 1 amide bonds. The highest BCUT2D eigenvalue weighted by Gasteiger charge is 2.63. The lowest BCUT2D eigenvalue weighted by atomic mass is 9.73. The van der Waals surface area contributed by atoms with Gasteiger partial charge in [-0.2, -0.15) is 0 Å². The second-order valence-electron chi connectivity index (χ2n) is 9.57. The Hall–Kier alpha value is -2.28. The minimum absolute atomic E-state index is 0.0675. The standard InChI is InChI=1S/C23H25F2N3O2/c24-23(25)11-17(23)21(30)27-9-7-22(8-10-27)6-5-16(20(22)29)19-15-4-2-1-3-14(15)18-12-26-13-28(18)19/h1-4,12-13,16-17,19-20,29H,5-11H2/t16-,17+,19+,20+/m0/s1. The summed E-state index contributed by atoms with van der Waals surface area (Å²) < 4.78 is 28.8. The van der Waals surface area contributed by atoms with Crippen LogP contribution in [0.5, 0.6) is 0 Å². The molecule has 2 aliphatic heterocycles. The van der Waals surface area contributed by atoms with Gasteiger partial charge in [-0.05, 0) is 31.2 Å². The number of hydrogen-bond acceptors (Lipinski definition) is 3. The summed E-state index contributed by atoms with van der Waals surface area (Å²) in [5, 5.41) is 11.5. The van der Waals surface area contributed by atoms with Gasteiger partial charge in [-0.3, -0.25) is 4.79 Å².